The van der Waals surface area contributed by atoms with E-state index in [-0.39, 0.29) is 16.8 Å². The lowest BCUT2D eigenvalue weighted by atomic mass is 9.97. The van der Waals surface area contributed by atoms with Crippen molar-refractivity contribution >= 4 is 5.71 Å². The maximum Gasteiger partial charge on any atom is 0.419 e. The molecule has 0 atom stereocenters. The first-order chi connectivity index (χ1) is 17.9. The van der Waals surface area contributed by atoms with Crippen LogP contribution in [0.5, 0.6) is 0 Å². The van der Waals surface area contributed by atoms with Gasteiger partial charge in [-0.3, -0.25) is 0 Å². The molecule has 4 aromatic carbocycles. The number of hydrogen-bond acceptors (Lipinski definition) is 2. The average molecular weight is 528 g/mol. The Morgan fingerprint density at radius 3 is 1.24 bits per heavy atom. The number of fused-ring (bicyclic) bond motifs is 3. The zero-order valence-electron chi connectivity index (χ0n) is 18.8. The number of rotatable bonds is 2. The van der Waals surface area contributed by atoms with Crippen LogP contribution in [0.2, 0.25) is 0 Å². The summed E-state index contributed by atoms with van der Waals surface area (Å²) in [6, 6.07) is 14.7. The number of alkyl halides is 6. The third-order valence-corrected chi connectivity index (χ3v) is 6.22. The standard InChI is InChI=1S/C28H12F8N2/c29-24-11-16(3-7-22(24)27(31,32)33)14-1-5-18-19-6-2-15(10-21(19)26(38-13-37)20(18)9-14)17-4-8-23(25(30)12-17)28(34,35)36/h1-12H. The summed E-state index contributed by atoms with van der Waals surface area (Å²) in [6.45, 7) is 0. The largest absolute Gasteiger partial charge is 0.419 e. The summed E-state index contributed by atoms with van der Waals surface area (Å²) in [5, 5.41) is 9.29. The molecule has 4 aromatic rings. The highest BCUT2D eigenvalue weighted by Crippen LogP contribution is 2.42. The molecule has 0 heterocycles. The van der Waals surface area contributed by atoms with Crippen molar-refractivity contribution in [2.24, 2.45) is 4.99 Å². The van der Waals surface area contributed by atoms with Gasteiger partial charge in [-0.2, -0.15) is 36.6 Å². The first-order valence-electron chi connectivity index (χ1n) is 10.9. The van der Waals surface area contributed by atoms with Crippen LogP contribution in [-0.4, -0.2) is 5.71 Å². The van der Waals surface area contributed by atoms with Crippen molar-refractivity contribution in [3.8, 4) is 39.6 Å². The molecule has 0 spiro atoms. The highest BCUT2D eigenvalue weighted by Gasteiger charge is 2.35. The summed E-state index contributed by atoms with van der Waals surface area (Å²) in [6.07, 6.45) is -8.00. The number of hydrogen-bond donors (Lipinski definition) is 0. The Kier molecular flexibility index (Phi) is 5.82. The van der Waals surface area contributed by atoms with Gasteiger partial charge in [0.1, 0.15) is 11.6 Å². The molecule has 1 aliphatic rings. The number of benzene rings is 4. The molecule has 38 heavy (non-hydrogen) atoms. The van der Waals surface area contributed by atoms with Crippen LogP contribution in [0.1, 0.15) is 22.3 Å². The average Bonchev–Trinajstić information content (AvgIpc) is 3.15. The molecular formula is C28H12F8N2. The smallest absolute Gasteiger partial charge is 0.206 e. The fraction of sp³-hybridized carbons (Fsp3) is 0.0714. The zero-order chi connectivity index (χ0) is 27.4. The second kappa shape index (κ2) is 8.80. The van der Waals surface area contributed by atoms with Crippen LogP contribution >= 0.6 is 0 Å². The molecule has 0 amide bonds. The molecule has 0 radical (unpaired) electrons. The second-order valence-electron chi connectivity index (χ2n) is 8.47. The number of nitrogens with zero attached hydrogens (tertiary/aromatic N) is 2. The third-order valence-electron chi connectivity index (χ3n) is 6.22. The van der Waals surface area contributed by atoms with Crippen molar-refractivity contribution < 1.29 is 35.1 Å². The van der Waals surface area contributed by atoms with E-state index in [1.165, 1.54) is 0 Å². The molecule has 0 fully saturated rings. The molecule has 5 rings (SSSR count). The summed E-state index contributed by atoms with van der Waals surface area (Å²) in [7, 11) is 0. The first-order valence-corrected chi connectivity index (χ1v) is 10.9. The molecular weight excluding hydrogens is 516 g/mol. The molecule has 0 aromatic heterocycles. The van der Waals surface area contributed by atoms with Crippen LogP contribution in [-0.2, 0) is 12.4 Å². The van der Waals surface area contributed by atoms with Crippen molar-refractivity contribution in [2.75, 3.05) is 0 Å². The van der Waals surface area contributed by atoms with Crippen LogP contribution in [0.3, 0.4) is 0 Å². The fourth-order valence-corrected chi connectivity index (χ4v) is 4.47. The summed E-state index contributed by atoms with van der Waals surface area (Å²) in [5.41, 5.74) is 0.692. The van der Waals surface area contributed by atoms with E-state index in [4.69, 9.17) is 0 Å². The molecule has 0 saturated heterocycles. The first kappa shape index (κ1) is 25.1. The van der Waals surface area contributed by atoms with Gasteiger partial charge in [-0.15, -0.1) is 0 Å². The van der Waals surface area contributed by atoms with Crippen molar-refractivity contribution in [1.29, 1.82) is 5.26 Å². The van der Waals surface area contributed by atoms with E-state index in [2.05, 4.69) is 4.99 Å². The number of aliphatic imine (C=N–C) groups is 1. The Morgan fingerprint density at radius 1 is 0.526 bits per heavy atom. The molecule has 10 heteroatoms. The molecule has 2 nitrogen and oxygen atoms in total. The molecule has 0 unspecified atom stereocenters. The van der Waals surface area contributed by atoms with Gasteiger partial charge >= 0.3 is 12.4 Å². The Morgan fingerprint density at radius 2 is 0.895 bits per heavy atom. The van der Waals surface area contributed by atoms with Gasteiger partial charge in [-0.05, 0) is 69.8 Å². The molecule has 190 valence electrons. The Bertz CT molecular complexity index is 1560. The summed E-state index contributed by atoms with van der Waals surface area (Å²) >= 11 is 0. The predicted molar refractivity (Wildman–Crippen MR) is 124 cm³/mol. The molecule has 0 N–H and O–H groups in total. The maximum absolute atomic E-state index is 14.2. The number of nitriles is 1. The van der Waals surface area contributed by atoms with E-state index in [9.17, 15) is 40.4 Å². The summed E-state index contributed by atoms with van der Waals surface area (Å²) < 4.78 is 106. The third kappa shape index (κ3) is 4.30. The fourth-order valence-electron chi connectivity index (χ4n) is 4.47. The summed E-state index contributed by atoms with van der Waals surface area (Å²) in [4.78, 5) is 3.88. The van der Waals surface area contributed by atoms with Gasteiger partial charge in [-0.25, -0.2) is 8.78 Å². The lowest BCUT2D eigenvalue weighted by molar-refractivity contribution is -0.140. The van der Waals surface area contributed by atoms with Gasteiger partial charge in [0, 0.05) is 11.1 Å². The molecule has 0 bridgehead atoms. The van der Waals surface area contributed by atoms with E-state index < -0.39 is 35.1 Å². The predicted octanol–water partition coefficient (Wildman–Crippen LogP) is 8.64. The van der Waals surface area contributed by atoms with Crippen molar-refractivity contribution in [1.82, 2.24) is 0 Å². The molecule has 0 saturated carbocycles. The number of halogens is 8. The van der Waals surface area contributed by atoms with E-state index in [1.54, 1.807) is 42.6 Å². The SMILES string of the molecule is N#CN=C1c2cc(-c3ccc(C(F)(F)F)c(F)c3)ccc2-c2ccc(-c3ccc(C(F)(F)F)c(F)c3)cc21. The maximum atomic E-state index is 14.2. The quantitative estimate of drug-likeness (QED) is 0.167. The highest BCUT2D eigenvalue weighted by atomic mass is 19.4. The Labute approximate surface area is 210 Å². The second-order valence-corrected chi connectivity index (χ2v) is 8.47. The summed E-state index contributed by atoms with van der Waals surface area (Å²) in [5.74, 6) is -2.86. The van der Waals surface area contributed by atoms with Gasteiger partial charge in [0.15, 0.2) is 0 Å². The van der Waals surface area contributed by atoms with Crippen LogP contribution < -0.4 is 0 Å². The van der Waals surface area contributed by atoms with Crippen molar-refractivity contribution in [3.63, 3.8) is 0 Å². The Hall–Kier alpha value is -4.52. The van der Waals surface area contributed by atoms with E-state index >= 15 is 0 Å². The monoisotopic (exact) mass is 528 g/mol. The Balaban J connectivity index is 1.57. The lowest BCUT2D eigenvalue weighted by Crippen LogP contribution is -2.07. The minimum Gasteiger partial charge on any atom is -0.206 e. The van der Waals surface area contributed by atoms with Crippen LogP contribution in [0, 0.1) is 23.1 Å². The van der Waals surface area contributed by atoms with Gasteiger partial charge in [0.05, 0.1) is 16.8 Å². The van der Waals surface area contributed by atoms with Gasteiger partial charge in [0.25, 0.3) is 0 Å². The topological polar surface area (TPSA) is 36.1 Å². The van der Waals surface area contributed by atoms with Crippen molar-refractivity contribution in [2.45, 2.75) is 12.4 Å². The van der Waals surface area contributed by atoms with Crippen LogP contribution in [0.25, 0.3) is 33.4 Å². The van der Waals surface area contributed by atoms with Crippen molar-refractivity contribution in [3.05, 3.63) is 107 Å². The van der Waals surface area contributed by atoms with E-state index in [0.717, 1.165) is 24.3 Å². The molecule has 1 aliphatic carbocycles. The van der Waals surface area contributed by atoms with Gasteiger partial charge in [-0.1, -0.05) is 36.4 Å². The molecule has 0 aliphatic heterocycles. The minimum atomic E-state index is -4.84. The van der Waals surface area contributed by atoms with Gasteiger partial charge < -0.3 is 0 Å². The zero-order valence-corrected chi connectivity index (χ0v) is 18.8. The normalized spacial score (nSPS) is 12.7. The minimum absolute atomic E-state index is 0.173. The highest BCUT2D eigenvalue weighted by molar-refractivity contribution is 6.25. The van der Waals surface area contributed by atoms with Crippen LogP contribution in [0.4, 0.5) is 35.1 Å². The van der Waals surface area contributed by atoms with E-state index in [1.807, 2.05) is 0 Å². The lowest BCUT2D eigenvalue weighted by Gasteiger charge is -2.10. The van der Waals surface area contributed by atoms with Crippen LogP contribution in [0.15, 0.2) is 77.8 Å². The van der Waals surface area contributed by atoms with E-state index in [0.29, 0.717) is 45.5 Å². The van der Waals surface area contributed by atoms with Gasteiger partial charge in [0.2, 0.25) is 6.19 Å².